The highest BCUT2D eigenvalue weighted by atomic mass is 16.5. The normalized spacial score (nSPS) is 19.6. The van der Waals surface area contributed by atoms with Crippen LogP contribution in [0.3, 0.4) is 0 Å². The summed E-state index contributed by atoms with van der Waals surface area (Å²) in [6.45, 7) is 2.77. The molecule has 1 aliphatic carbocycles. The third-order valence-corrected chi connectivity index (χ3v) is 4.15. The van der Waals surface area contributed by atoms with E-state index in [1.165, 1.54) is 6.42 Å². The third-order valence-electron chi connectivity index (χ3n) is 4.15. The number of aliphatic hydroxyl groups is 2. The zero-order valence-corrected chi connectivity index (χ0v) is 12.3. The molecule has 0 spiro atoms. The summed E-state index contributed by atoms with van der Waals surface area (Å²) in [5.74, 6) is 1.05. The highest BCUT2D eigenvalue weighted by molar-refractivity contribution is 5.29. The Morgan fingerprint density at radius 1 is 1.10 bits per heavy atom. The molecule has 2 unspecified atom stereocenters. The van der Waals surface area contributed by atoms with E-state index in [4.69, 9.17) is 4.74 Å². The van der Waals surface area contributed by atoms with Crippen molar-refractivity contribution >= 4 is 0 Å². The molecule has 0 bridgehead atoms. The maximum atomic E-state index is 10.3. The smallest absolute Gasteiger partial charge is 0.119 e. The molecular weight excluding hydrogens is 252 g/mol. The van der Waals surface area contributed by atoms with Gasteiger partial charge in [-0.05, 0) is 42.9 Å². The molecule has 112 valence electrons. The lowest BCUT2D eigenvalue weighted by atomic mass is 9.82. The molecule has 3 heteroatoms. The molecule has 3 nitrogen and oxygen atoms in total. The number of hydrogen-bond donors (Lipinski definition) is 2. The lowest BCUT2D eigenvalue weighted by Crippen LogP contribution is -2.29. The van der Waals surface area contributed by atoms with E-state index >= 15 is 0 Å². The molecule has 0 heterocycles. The summed E-state index contributed by atoms with van der Waals surface area (Å²) in [5.41, 5.74) is 0.770. The largest absolute Gasteiger partial charge is 0.494 e. The molecule has 0 aliphatic heterocycles. The van der Waals surface area contributed by atoms with Gasteiger partial charge in [0.15, 0.2) is 0 Å². The van der Waals surface area contributed by atoms with E-state index in [-0.39, 0.29) is 5.92 Å². The van der Waals surface area contributed by atoms with Crippen molar-refractivity contribution in [2.45, 2.75) is 57.7 Å². The number of rotatable bonds is 6. The van der Waals surface area contributed by atoms with Gasteiger partial charge in [-0.25, -0.2) is 0 Å². The minimum absolute atomic E-state index is 0.231. The van der Waals surface area contributed by atoms with Gasteiger partial charge in [-0.3, -0.25) is 0 Å². The van der Waals surface area contributed by atoms with E-state index in [9.17, 15) is 10.2 Å². The molecule has 0 radical (unpaired) electrons. The Bertz CT molecular complexity index is 382. The number of aliphatic hydroxyl groups excluding tert-OH is 2. The molecule has 1 aliphatic rings. The number of ether oxygens (including phenoxy) is 1. The van der Waals surface area contributed by atoms with Gasteiger partial charge in [-0.15, -0.1) is 0 Å². The van der Waals surface area contributed by atoms with Crippen molar-refractivity contribution in [2.75, 3.05) is 6.61 Å². The molecular formula is C17H26O3. The first-order chi connectivity index (χ1) is 9.72. The Morgan fingerprint density at radius 2 is 1.75 bits per heavy atom. The second kappa shape index (κ2) is 7.65. The van der Waals surface area contributed by atoms with Gasteiger partial charge in [-0.1, -0.05) is 38.3 Å². The van der Waals surface area contributed by atoms with Crippen LogP contribution in [0.4, 0.5) is 0 Å². The van der Waals surface area contributed by atoms with Crippen LogP contribution < -0.4 is 4.74 Å². The van der Waals surface area contributed by atoms with Gasteiger partial charge in [0.2, 0.25) is 0 Å². The van der Waals surface area contributed by atoms with E-state index in [0.29, 0.717) is 6.61 Å². The van der Waals surface area contributed by atoms with Crippen molar-refractivity contribution in [1.29, 1.82) is 0 Å². The zero-order chi connectivity index (χ0) is 14.4. The predicted octanol–water partition coefficient (Wildman–Crippen LogP) is 3.45. The van der Waals surface area contributed by atoms with Gasteiger partial charge in [0, 0.05) is 0 Å². The van der Waals surface area contributed by atoms with Gasteiger partial charge >= 0.3 is 0 Å². The quantitative estimate of drug-likeness (QED) is 0.838. The molecule has 2 rings (SSSR count). The van der Waals surface area contributed by atoms with E-state index in [1.807, 2.05) is 24.3 Å². The van der Waals surface area contributed by atoms with Gasteiger partial charge < -0.3 is 14.9 Å². The number of benzene rings is 1. The highest BCUT2D eigenvalue weighted by Gasteiger charge is 2.28. The van der Waals surface area contributed by atoms with E-state index < -0.39 is 12.2 Å². The van der Waals surface area contributed by atoms with Crippen LogP contribution in [0, 0.1) is 5.92 Å². The fourth-order valence-electron chi connectivity index (χ4n) is 2.91. The third kappa shape index (κ3) is 3.97. The van der Waals surface area contributed by atoms with Crippen molar-refractivity contribution in [3.8, 4) is 5.75 Å². The highest BCUT2D eigenvalue weighted by Crippen LogP contribution is 2.32. The Hall–Kier alpha value is -1.06. The van der Waals surface area contributed by atoms with Crippen molar-refractivity contribution in [1.82, 2.24) is 0 Å². The predicted molar refractivity (Wildman–Crippen MR) is 79.8 cm³/mol. The maximum absolute atomic E-state index is 10.3. The molecule has 2 N–H and O–H groups in total. The molecule has 1 aromatic rings. The first-order valence-corrected chi connectivity index (χ1v) is 7.81. The van der Waals surface area contributed by atoms with E-state index in [2.05, 4.69) is 6.92 Å². The van der Waals surface area contributed by atoms with Crippen LogP contribution in [-0.4, -0.2) is 22.9 Å². The summed E-state index contributed by atoms with van der Waals surface area (Å²) in [5, 5.41) is 20.6. The lowest BCUT2D eigenvalue weighted by Gasteiger charge is -2.30. The molecule has 2 atom stereocenters. The molecule has 0 aromatic heterocycles. The van der Waals surface area contributed by atoms with Crippen LogP contribution >= 0.6 is 0 Å². The summed E-state index contributed by atoms with van der Waals surface area (Å²) in [6, 6.07) is 7.42. The standard InChI is InChI=1S/C17H26O3/c1-2-12-20-15-10-8-14(9-11-15)17(19)16(18)13-6-4-3-5-7-13/h8-11,13,16-19H,2-7,12H2,1H3. The molecule has 0 saturated heterocycles. The number of hydrogen-bond acceptors (Lipinski definition) is 3. The molecule has 1 fully saturated rings. The minimum atomic E-state index is -0.793. The summed E-state index contributed by atoms with van der Waals surface area (Å²) < 4.78 is 5.52. The summed E-state index contributed by atoms with van der Waals surface area (Å²) in [6.07, 6.45) is 5.16. The molecule has 1 saturated carbocycles. The van der Waals surface area contributed by atoms with Crippen LogP contribution in [0.25, 0.3) is 0 Å². The van der Waals surface area contributed by atoms with Crippen LogP contribution in [-0.2, 0) is 0 Å². The van der Waals surface area contributed by atoms with Crippen LogP contribution in [0.1, 0.15) is 57.1 Å². The summed E-state index contributed by atoms with van der Waals surface area (Å²) in [7, 11) is 0. The summed E-state index contributed by atoms with van der Waals surface area (Å²) >= 11 is 0. The van der Waals surface area contributed by atoms with Crippen molar-refractivity contribution in [2.24, 2.45) is 5.92 Å². The zero-order valence-electron chi connectivity index (χ0n) is 12.3. The Morgan fingerprint density at radius 3 is 2.35 bits per heavy atom. The van der Waals surface area contributed by atoms with Crippen molar-refractivity contribution in [3.63, 3.8) is 0 Å². The topological polar surface area (TPSA) is 49.7 Å². The molecule has 20 heavy (non-hydrogen) atoms. The molecule has 0 amide bonds. The monoisotopic (exact) mass is 278 g/mol. The lowest BCUT2D eigenvalue weighted by molar-refractivity contribution is -0.0285. The van der Waals surface area contributed by atoms with Crippen LogP contribution in [0.2, 0.25) is 0 Å². The van der Waals surface area contributed by atoms with E-state index in [1.54, 1.807) is 0 Å². The fourth-order valence-corrected chi connectivity index (χ4v) is 2.91. The SMILES string of the molecule is CCCOc1ccc(C(O)C(O)C2CCCCC2)cc1. The van der Waals surface area contributed by atoms with Crippen LogP contribution in [0.15, 0.2) is 24.3 Å². The first kappa shape index (κ1) is 15.3. The summed E-state index contributed by atoms with van der Waals surface area (Å²) in [4.78, 5) is 0. The molecule has 1 aromatic carbocycles. The van der Waals surface area contributed by atoms with Gasteiger partial charge in [0.05, 0.1) is 12.7 Å². The van der Waals surface area contributed by atoms with Gasteiger partial charge in [0.25, 0.3) is 0 Å². The maximum Gasteiger partial charge on any atom is 0.119 e. The van der Waals surface area contributed by atoms with Gasteiger partial charge in [0.1, 0.15) is 11.9 Å². The van der Waals surface area contributed by atoms with Crippen LogP contribution in [0.5, 0.6) is 5.75 Å². The second-order valence-electron chi connectivity index (χ2n) is 5.75. The Labute approximate surface area is 121 Å². The average molecular weight is 278 g/mol. The Kier molecular flexibility index (Phi) is 5.86. The fraction of sp³-hybridized carbons (Fsp3) is 0.647. The first-order valence-electron chi connectivity index (χ1n) is 7.81. The average Bonchev–Trinajstić information content (AvgIpc) is 2.53. The Balaban J connectivity index is 1.95. The minimum Gasteiger partial charge on any atom is -0.494 e. The van der Waals surface area contributed by atoms with Crippen molar-refractivity contribution in [3.05, 3.63) is 29.8 Å². The van der Waals surface area contributed by atoms with Gasteiger partial charge in [-0.2, -0.15) is 0 Å². The second-order valence-corrected chi connectivity index (χ2v) is 5.75. The van der Waals surface area contributed by atoms with E-state index in [0.717, 1.165) is 43.4 Å². The van der Waals surface area contributed by atoms with Crippen molar-refractivity contribution < 1.29 is 14.9 Å².